The maximum Gasteiger partial charge on any atom is 0.225 e. The number of hydrogen-bond acceptors (Lipinski definition) is 2. The Balaban J connectivity index is 2.65. The fraction of sp³-hybridized carbons (Fsp3) is 0.364. The van der Waals surface area contributed by atoms with Crippen molar-refractivity contribution >= 4 is 23.2 Å². The van der Waals surface area contributed by atoms with E-state index in [1.165, 1.54) is 0 Å². The van der Waals surface area contributed by atoms with Gasteiger partial charge in [0.15, 0.2) is 5.82 Å². The number of rotatable bonds is 5. The van der Waals surface area contributed by atoms with Crippen LogP contribution in [0.15, 0.2) is 12.1 Å². The van der Waals surface area contributed by atoms with Crippen LogP contribution in [0.1, 0.15) is 13.3 Å². The summed E-state index contributed by atoms with van der Waals surface area (Å²) in [5.41, 5.74) is -0.186. The second kappa shape index (κ2) is 6.51. The van der Waals surface area contributed by atoms with Crippen molar-refractivity contribution in [3.63, 3.8) is 0 Å². The minimum Gasteiger partial charge on any atom is -0.322 e. The summed E-state index contributed by atoms with van der Waals surface area (Å²) < 4.78 is 26.1. The number of carbonyl (C=O) groups is 1. The van der Waals surface area contributed by atoms with Gasteiger partial charge < -0.3 is 10.6 Å². The molecule has 1 aromatic carbocycles. The van der Waals surface area contributed by atoms with Gasteiger partial charge in [-0.1, -0.05) is 18.5 Å². The molecule has 0 fully saturated rings. The average Bonchev–Trinajstić information content (AvgIpc) is 2.24. The summed E-state index contributed by atoms with van der Waals surface area (Å²) in [5.74, 6) is -2.04. The molecule has 0 aromatic heterocycles. The van der Waals surface area contributed by atoms with Crippen LogP contribution in [0.3, 0.4) is 0 Å². The molecular weight excluding hydrogens is 250 g/mol. The van der Waals surface area contributed by atoms with Gasteiger partial charge in [0.1, 0.15) is 5.82 Å². The van der Waals surface area contributed by atoms with Crippen molar-refractivity contribution in [2.45, 2.75) is 13.3 Å². The van der Waals surface area contributed by atoms with Gasteiger partial charge in [0, 0.05) is 19.0 Å². The topological polar surface area (TPSA) is 41.1 Å². The van der Waals surface area contributed by atoms with Crippen LogP contribution in [0.2, 0.25) is 5.02 Å². The molecule has 1 aromatic rings. The summed E-state index contributed by atoms with van der Waals surface area (Å²) in [6.07, 6.45) is 0.195. The highest BCUT2D eigenvalue weighted by atomic mass is 35.5. The zero-order chi connectivity index (χ0) is 12.8. The van der Waals surface area contributed by atoms with Crippen molar-refractivity contribution in [1.29, 1.82) is 0 Å². The molecule has 0 saturated heterocycles. The van der Waals surface area contributed by atoms with E-state index in [4.69, 9.17) is 11.6 Å². The lowest BCUT2D eigenvalue weighted by Crippen LogP contribution is -2.21. The first-order chi connectivity index (χ1) is 8.04. The van der Waals surface area contributed by atoms with E-state index >= 15 is 0 Å². The minimum absolute atomic E-state index is 0.153. The van der Waals surface area contributed by atoms with Gasteiger partial charge in [-0.3, -0.25) is 4.79 Å². The normalized spacial score (nSPS) is 10.4. The van der Waals surface area contributed by atoms with Crippen LogP contribution in [0, 0.1) is 11.6 Å². The first-order valence-electron chi connectivity index (χ1n) is 5.19. The van der Waals surface area contributed by atoms with Gasteiger partial charge in [-0.15, -0.1) is 0 Å². The van der Waals surface area contributed by atoms with E-state index in [1.54, 1.807) is 0 Å². The molecule has 17 heavy (non-hydrogen) atoms. The van der Waals surface area contributed by atoms with Crippen LogP contribution in [0.25, 0.3) is 0 Å². The lowest BCUT2D eigenvalue weighted by molar-refractivity contribution is -0.116. The summed E-state index contributed by atoms with van der Waals surface area (Å²) in [4.78, 5) is 11.4. The van der Waals surface area contributed by atoms with E-state index in [9.17, 15) is 13.6 Å². The van der Waals surface area contributed by atoms with Gasteiger partial charge in [0.2, 0.25) is 5.91 Å². The van der Waals surface area contributed by atoms with Crippen molar-refractivity contribution in [3.8, 4) is 0 Å². The predicted octanol–water partition coefficient (Wildman–Crippen LogP) is 2.56. The fourth-order valence-electron chi connectivity index (χ4n) is 1.24. The lowest BCUT2D eigenvalue weighted by atomic mass is 10.2. The van der Waals surface area contributed by atoms with Crippen LogP contribution in [0.5, 0.6) is 0 Å². The predicted molar refractivity (Wildman–Crippen MR) is 63.2 cm³/mol. The van der Waals surface area contributed by atoms with E-state index < -0.39 is 11.6 Å². The first-order valence-corrected chi connectivity index (χ1v) is 5.57. The quantitative estimate of drug-likeness (QED) is 0.801. The number of carbonyl (C=O) groups excluding carboxylic acids is 1. The van der Waals surface area contributed by atoms with Crippen molar-refractivity contribution in [3.05, 3.63) is 28.8 Å². The molecule has 0 spiro atoms. The third-order valence-electron chi connectivity index (χ3n) is 2.05. The van der Waals surface area contributed by atoms with Gasteiger partial charge in [-0.05, 0) is 12.6 Å². The Morgan fingerprint density at radius 1 is 1.41 bits per heavy atom. The van der Waals surface area contributed by atoms with Crippen LogP contribution in [-0.4, -0.2) is 19.0 Å². The van der Waals surface area contributed by atoms with Gasteiger partial charge in [0.25, 0.3) is 0 Å². The largest absolute Gasteiger partial charge is 0.322 e. The monoisotopic (exact) mass is 262 g/mol. The Hall–Kier alpha value is -1.20. The van der Waals surface area contributed by atoms with Gasteiger partial charge in [-0.25, -0.2) is 8.78 Å². The molecule has 0 radical (unpaired) electrons. The molecule has 2 N–H and O–H groups in total. The molecule has 0 bridgehead atoms. The van der Waals surface area contributed by atoms with E-state index in [2.05, 4.69) is 10.6 Å². The minimum atomic E-state index is -0.883. The highest BCUT2D eigenvalue weighted by molar-refractivity contribution is 6.33. The zero-order valence-corrected chi connectivity index (χ0v) is 10.1. The van der Waals surface area contributed by atoms with E-state index in [-0.39, 0.29) is 23.0 Å². The molecule has 1 amide bonds. The molecule has 6 heteroatoms. The van der Waals surface area contributed by atoms with Crippen LogP contribution < -0.4 is 10.6 Å². The molecule has 0 saturated carbocycles. The van der Waals surface area contributed by atoms with Crippen molar-refractivity contribution in [1.82, 2.24) is 5.32 Å². The van der Waals surface area contributed by atoms with Crippen LogP contribution >= 0.6 is 11.6 Å². The van der Waals surface area contributed by atoms with E-state index in [1.807, 2.05) is 6.92 Å². The molecule has 0 aliphatic heterocycles. The first kappa shape index (κ1) is 13.9. The van der Waals surface area contributed by atoms with Crippen molar-refractivity contribution in [2.75, 3.05) is 18.4 Å². The Morgan fingerprint density at radius 2 is 2.12 bits per heavy atom. The third kappa shape index (κ3) is 4.28. The van der Waals surface area contributed by atoms with Crippen LogP contribution in [0.4, 0.5) is 14.5 Å². The smallest absolute Gasteiger partial charge is 0.225 e. The molecule has 0 heterocycles. The number of benzene rings is 1. The van der Waals surface area contributed by atoms with Crippen molar-refractivity contribution < 1.29 is 13.6 Å². The highest BCUT2D eigenvalue weighted by Crippen LogP contribution is 2.26. The summed E-state index contributed by atoms with van der Waals surface area (Å²) in [5, 5.41) is 5.11. The number of nitrogens with one attached hydrogen (secondary N) is 2. The Labute approximate surface area is 103 Å². The highest BCUT2D eigenvalue weighted by Gasteiger charge is 2.12. The van der Waals surface area contributed by atoms with E-state index in [0.717, 1.165) is 12.6 Å². The maximum atomic E-state index is 13.3. The van der Waals surface area contributed by atoms with Gasteiger partial charge in [-0.2, -0.15) is 0 Å². The molecule has 0 atom stereocenters. The average molecular weight is 263 g/mol. The third-order valence-corrected chi connectivity index (χ3v) is 2.35. The molecule has 0 unspecified atom stereocenters. The second-order valence-electron chi connectivity index (χ2n) is 3.40. The summed E-state index contributed by atoms with van der Waals surface area (Å²) in [6.45, 7) is 3.15. The molecule has 0 aliphatic rings. The maximum absolute atomic E-state index is 13.3. The van der Waals surface area contributed by atoms with Crippen LogP contribution in [-0.2, 0) is 4.79 Å². The molecular formula is C11H13ClF2N2O. The molecule has 0 aliphatic carbocycles. The lowest BCUT2D eigenvalue weighted by Gasteiger charge is -2.08. The zero-order valence-electron chi connectivity index (χ0n) is 9.32. The number of halogens is 3. The summed E-state index contributed by atoms with van der Waals surface area (Å²) >= 11 is 5.63. The number of anilines is 1. The van der Waals surface area contributed by atoms with E-state index in [0.29, 0.717) is 12.6 Å². The summed E-state index contributed by atoms with van der Waals surface area (Å²) in [7, 11) is 0. The molecule has 94 valence electrons. The SMILES string of the molecule is CCNCCC(=O)Nc1c(F)cc(F)cc1Cl. The van der Waals surface area contributed by atoms with Crippen molar-refractivity contribution in [2.24, 2.45) is 0 Å². The number of amides is 1. The second-order valence-corrected chi connectivity index (χ2v) is 3.80. The Kier molecular flexibility index (Phi) is 5.31. The molecule has 3 nitrogen and oxygen atoms in total. The summed E-state index contributed by atoms with van der Waals surface area (Å²) in [6, 6.07) is 1.62. The standard InChI is InChI=1S/C11H13ClF2N2O/c1-2-15-4-3-10(17)16-11-8(12)5-7(13)6-9(11)14/h5-6,15H,2-4H2,1H3,(H,16,17). The fourth-order valence-corrected chi connectivity index (χ4v) is 1.48. The Morgan fingerprint density at radius 3 is 2.71 bits per heavy atom. The van der Waals surface area contributed by atoms with Gasteiger partial charge in [0.05, 0.1) is 10.7 Å². The number of hydrogen-bond donors (Lipinski definition) is 2. The molecule has 1 rings (SSSR count). The Bertz CT molecular complexity index is 389. The van der Waals surface area contributed by atoms with Gasteiger partial charge >= 0.3 is 0 Å².